The molecule has 1 aromatic rings. The first-order chi connectivity index (χ1) is 10.8. The zero-order valence-electron chi connectivity index (χ0n) is 12.8. The normalized spacial score (nSPS) is 16.7. The lowest BCUT2D eigenvalue weighted by atomic mass is 10.1. The molecule has 0 saturated carbocycles. The van der Waals surface area contributed by atoms with Crippen molar-refractivity contribution in [1.82, 2.24) is 9.62 Å². The van der Waals surface area contributed by atoms with Crippen molar-refractivity contribution in [2.24, 2.45) is 0 Å². The minimum atomic E-state index is -4.01. The standard InChI is InChI=1S/C15H18FN3O3S/c1-11(15(20)19-7-3-2-4-8-19)18-23(21,22)13-5-6-14(16)12(9-13)10-17/h5-6,9,11,18H,2-4,7-8H2,1H3/t11-/m0/s1. The molecular weight excluding hydrogens is 321 g/mol. The zero-order valence-corrected chi connectivity index (χ0v) is 13.6. The SMILES string of the molecule is C[C@H](NS(=O)(=O)c1ccc(F)c(C#N)c1)C(=O)N1CCCCC1. The van der Waals surface area contributed by atoms with Crippen LogP contribution >= 0.6 is 0 Å². The molecule has 1 aromatic carbocycles. The summed E-state index contributed by atoms with van der Waals surface area (Å²) < 4.78 is 40.2. The monoisotopic (exact) mass is 339 g/mol. The molecule has 8 heteroatoms. The predicted octanol–water partition coefficient (Wildman–Crippen LogP) is 1.38. The van der Waals surface area contributed by atoms with E-state index >= 15 is 0 Å². The molecule has 0 aliphatic carbocycles. The smallest absolute Gasteiger partial charge is 0.241 e. The van der Waals surface area contributed by atoms with E-state index in [1.54, 1.807) is 11.0 Å². The van der Waals surface area contributed by atoms with Crippen molar-refractivity contribution in [2.45, 2.75) is 37.1 Å². The molecule has 0 bridgehead atoms. The number of hydrogen-bond acceptors (Lipinski definition) is 4. The maximum atomic E-state index is 13.3. The van der Waals surface area contributed by atoms with Gasteiger partial charge in [0.1, 0.15) is 11.9 Å². The largest absolute Gasteiger partial charge is 0.341 e. The highest BCUT2D eigenvalue weighted by atomic mass is 32.2. The van der Waals surface area contributed by atoms with Crippen LogP contribution in [0.5, 0.6) is 0 Å². The lowest BCUT2D eigenvalue weighted by Gasteiger charge is -2.29. The molecule has 1 atom stereocenters. The topological polar surface area (TPSA) is 90.3 Å². The number of benzene rings is 1. The summed E-state index contributed by atoms with van der Waals surface area (Å²) in [6.07, 6.45) is 2.89. The van der Waals surface area contributed by atoms with Gasteiger partial charge >= 0.3 is 0 Å². The Hall–Kier alpha value is -1.98. The molecule has 0 radical (unpaired) electrons. The third-order valence-electron chi connectivity index (χ3n) is 3.74. The molecule has 1 aliphatic heterocycles. The maximum absolute atomic E-state index is 13.3. The van der Waals surface area contributed by atoms with Crippen molar-refractivity contribution in [3.63, 3.8) is 0 Å². The molecule has 0 aromatic heterocycles. The zero-order chi connectivity index (χ0) is 17.0. The molecule has 2 rings (SSSR count). The van der Waals surface area contributed by atoms with Crippen LogP contribution in [0.3, 0.4) is 0 Å². The van der Waals surface area contributed by atoms with Crippen LogP contribution in [0.4, 0.5) is 4.39 Å². The van der Waals surface area contributed by atoms with Gasteiger partial charge in [0, 0.05) is 13.1 Å². The summed E-state index contributed by atoms with van der Waals surface area (Å²) in [6.45, 7) is 2.73. The molecule has 6 nitrogen and oxygen atoms in total. The van der Waals surface area contributed by atoms with Crippen molar-refractivity contribution >= 4 is 15.9 Å². The first-order valence-corrected chi connectivity index (χ1v) is 8.84. The molecule has 0 unspecified atom stereocenters. The van der Waals surface area contributed by atoms with E-state index in [-0.39, 0.29) is 16.4 Å². The first-order valence-electron chi connectivity index (χ1n) is 7.36. The lowest BCUT2D eigenvalue weighted by molar-refractivity contribution is -0.133. The van der Waals surface area contributed by atoms with Gasteiger partial charge in [-0.25, -0.2) is 12.8 Å². The minimum absolute atomic E-state index is 0.242. The van der Waals surface area contributed by atoms with E-state index in [0.717, 1.165) is 37.5 Å². The van der Waals surface area contributed by atoms with Gasteiger partial charge in [-0.05, 0) is 44.4 Å². The Morgan fingerprint density at radius 2 is 2.00 bits per heavy atom. The number of nitriles is 1. The van der Waals surface area contributed by atoms with Gasteiger partial charge in [0.05, 0.1) is 16.5 Å². The van der Waals surface area contributed by atoms with E-state index in [1.165, 1.54) is 6.92 Å². The third kappa shape index (κ3) is 4.06. The Morgan fingerprint density at radius 1 is 1.35 bits per heavy atom. The quantitative estimate of drug-likeness (QED) is 0.897. The van der Waals surface area contributed by atoms with Crippen molar-refractivity contribution in [1.29, 1.82) is 5.26 Å². The van der Waals surface area contributed by atoms with Crippen molar-refractivity contribution in [2.75, 3.05) is 13.1 Å². The summed E-state index contributed by atoms with van der Waals surface area (Å²) in [7, 11) is -4.01. The van der Waals surface area contributed by atoms with Crippen molar-refractivity contribution in [3.8, 4) is 6.07 Å². The minimum Gasteiger partial charge on any atom is -0.341 e. The average Bonchev–Trinajstić information content (AvgIpc) is 2.54. The van der Waals surface area contributed by atoms with E-state index < -0.39 is 21.9 Å². The summed E-state index contributed by atoms with van der Waals surface area (Å²) in [4.78, 5) is 13.7. The van der Waals surface area contributed by atoms with Crippen LogP contribution in [0.1, 0.15) is 31.7 Å². The van der Waals surface area contributed by atoms with Crippen LogP contribution in [-0.4, -0.2) is 38.4 Å². The molecule has 1 aliphatic rings. The predicted molar refractivity (Wildman–Crippen MR) is 81.3 cm³/mol. The average molecular weight is 339 g/mol. The summed E-state index contributed by atoms with van der Waals surface area (Å²) in [5.74, 6) is -1.07. The number of nitrogens with zero attached hydrogens (tertiary/aromatic N) is 2. The highest BCUT2D eigenvalue weighted by molar-refractivity contribution is 7.89. The van der Waals surface area contributed by atoms with Gasteiger partial charge in [0.2, 0.25) is 15.9 Å². The number of likely N-dealkylation sites (tertiary alicyclic amines) is 1. The molecule has 124 valence electrons. The van der Waals surface area contributed by atoms with E-state index in [4.69, 9.17) is 5.26 Å². The van der Waals surface area contributed by atoms with Crippen LogP contribution < -0.4 is 4.72 Å². The second-order valence-corrected chi connectivity index (χ2v) is 7.20. The van der Waals surface area contributed by atoms with E-state index in [0.29, 0.717) is 13.1 Å². The van der Waals surface area contributed by atoms with E-state index in [2.05, 4.69) is 4.72 Å². The van der Waals surface area contributed by atoms with Crippen LogP contribution in [0.25, 0.3) is 0 Å². The third-order valence-corrected chi connectivity index (χ3v) is 5.28. The van der Waals surface area contributed by atoms with Gasteiger partial charge in [-0.15, -0.1) is 0 Å². The molecule has 1 saturated heterocycles. The highest BCUT2D eigenvalue weighted by Crippen LogP contribution is 2.16. The number of amides is 1. The number of carbonyl (C=O) groups is 1. The van der Waals surface area contributed by atoms with Gasteiger partial charge in [0.15, 0.2) is 0 Å². The Balaban J connectivity index is 2.14. The Kier molecular flexibility index (Phi) is 5.34. The molecule has 1 fully saturated rings. The fraction of sp³-hybridized carbons (Fsp3) is 0.467. The number of nitrogens with one attached hydrogen (secondary N) is 1. The fourth-order valence-electron chi connectivity index (χ4n) is 2.50. The summed E-state index contributed by atoms with van der Waals surface area (Å²) in [5.41, 5.74) is -0.358. The van der Waals surface area contributed by atoms with Gasteiger partial charge in [-0.1, -0.05) is 0 Å². The van der Waals surface area contributed by atoms with Gasteiger partial charge in [0.25, 0.3) is 0 Å². The number of carbonyl (C=O) groups excluding carboxylic acids is 1. The van der Waals surface area contributed by atoms with Crippen LogP contribution in [0.15, 0.2) is 23.1 Å². The second kappa shape index (κ2) is 7.06. The Morgan fingerprint density at radius 3 is 2.61 bits per heavy atom. The molecule has 0 spiro atoms. The maximum Gasteiger partial charge on any atom is 0.241 e. The number of rotatable bonds is 4. The highest BCUT2D eigenvalue weighted by Gasteiger charge is 2.27. The first kappa shape index (κ1) is 17.4. The van der Waals surface area contributed by atoms with Crippen LogP contribution in [-0.2, 0) is 14.8 Å². The number of sulfonamides is 1. The Labute approximate surface area is 135 Å². The molecule has 1 amide bonds. The van der Waals surface area contributed by atoms with Crippen LogP contribution in [0.2, 0.25) is 0 Å². The molecule has 1 N–H and O–H groups in total. The molecular formula is C15H18FN3O3S. The summed E-state index contributed by atoms with van der Waals surface area (Å²) in [5, 5.41) is 8.78. The summed E-state index contributed by atoms with van der Waals surface area (Å²) in [6, 6.07) is 3.61. The number of hydrogen-bond donors (Lipinski definition) is 1. The number of piperidine rings is 1. The lowest BCUT2D eigenvalue weighted by Crippen LogP contribution is -2.48. The van der Waals surface area contributed by atoms with Gasteiger partial charge in [-0.2, -0.15) is 9.98 Å². The van der Waals surface area contributed by atoms with Crippen LogP contribution in [0, 0.1) is 17.1 Å². The van der Waals surface area contributed by atoms with Crippen molar-refractivity contribution < 1.29 is 17.6 Å². The number of halogens is 1. The summed E-state index contributed by atoms with van der Waals surface area (Å²) >= 11 is 0. The molecule has 23 heavy (non-hydrogen) atoms. The van der Waals surface area contributed by atoms with Gasteiger partial charge in [-0.3, -0.25) is 4.79 Å². The van der Waals surface area contributed by atoms with E-state index in [9.17, 15) is 17.6 Å². The fourth-order valence-corrected chi connectivity index (χ4v) is 3.72. The van der Waals surface area contributed by atoms with Gasteiger partial charge < -0.3 is 4.90 Å². The second-order valence-electron chi connectivity index (χ2n) is 5.48. The molecule has 1 heterocycles. The van der Waals surface area contributed by atoms with Crippen molar-refractivity contribution in [3.05, 3.63) is 29.6 Å². The van der Waals surface area contributed by atoms with E-state index in [1.807, 2.05) is 0 Å². The Bertz CT molecular complexity index is 737.